The van der Waals surface area contributed by atoms with E-state index in [1.165, 1.54) is 9.75 Å². The maximum Gasteiger partial charge on any atom is 0.225 e. The second-order valence-corrected chi connectivity index (χ2v) is 8.51. The molecule has 1 amide bonds. The summed E-state index contributed by atoms with van der Waals surface area (Å²) in [7, 11) is 0. The van der Waals surface area contributed by atoms with Crippen LogP contribution in [0.4, 0.5) is 0 Å². The number of nitrogens with zero attached hydrogens (tertiary/aromatic N) is 1. The van der Waals surface area contributed by atoms with Crippen LogP contribution in [0.2, 0.25) is 0 Å². The normalized spacial score (nSPS) is 30.0. The molecular formula is C18H22N2O3S. The fourth-order valence-corrected chi connectivity index (χ4v) is 4.94. The van der Waals surface area contributed by atoms with Crippen molar-refractivity contribution >= 4 is 17.2 Å². The third-order valence-corrected chi connectivity index (χ3v) is 6.64. The number of rotatable bonds is 3. The number of carbonyl (C=O) groups is 1. The fraction of sp³-hybridized carbons (Fsp3) is 0.667. The van der Waals surface area contributed by atoms with E-state index < -0.39 is 11.3 Å². The lowest BCUT2D eigenvalue weighted by Gasteiger charge is -2.40. The van der Waals surface area contributed by atoms with E-state index in [0.29, 0.717) is 44.8 Å². The topological polar surface area (TPSA) is 71.4 Å². The quantitative estimate of drug-likeness (QED) is 0.913. The van der Waals surface area contributed by atoms with Gasteiger partial charge in [0.1, 0.15) is 5.54 Å². The molecule has 1 saturated heterocycles. The lowest BCUT2D eigenvalue weighted by atomic mass is 9.79. The third kappa shape index (κ3) is 2.85. The molecule has 2 atom stereocenters. The summed E-state index contributed by atoms with van der Waals surface area (Å²) in [6.07, 6.45) is 3.40. The Kier molecular flexibility index (Phi) is 3.91. The number of aryl methyl sites for hydroxylation is 1. The SMILES string of the molecule is Cc1ccc([C@@H]2C[C@@H]2C(=O)NC2(C#N)CCC3(CC2)OCCO3)s1. The number of nitriles is 1. The smallest absolute Gasteiger partial charge is 0.225 e. The molecular weight excluding hydrogens is 324 g/mol. The van der Waals surface area contributed by atoms with Crippen LogP contribution in [-0.2, 0) is 14.3 Å². The Hall–Kier alpha value is -1.42. The molecule has 0 bridgehead atoms. The fourth-order valence-electron chi connectivity index (χ4n) is 3.89. The van der Waals surface area contributed by atoms with Crippen molar-refractivity contribution < 1.29 is 14.3 Å². The molecule has 5 nitrogen and oxygen atoms in total. The van der Waals surface area contributed by atoms with Gasteiger partial charge in [-0.25, -0.2) is 0 Å². The molecule has 2 aliphatic carbocycles. The second-order valence-electron chi connectivity index (χ2n) is 7.19. The summed E-state index contributed by atoms with van der Waals surface area (Å²) < 4.78 is 11.4. The number of nitrogens with one attached hydrogen (secondary N) is 1. The van der Waals surface area contributed by atoms with Crippen molar-refractivity contribution in [1.29, 1.82) is 5.26 Å². The summed E-state index contributed by atoms with van der Waals surface area (Å²) in [4.78, 5) is 15.2. The molecule has 0 aromatic carbocycles. The van der Waals surface area contributed by atoms with E-state index in [2.05, 4.69) is 30.4 Å². The predicted octanol–water partition coefficient (Wildman–Crippen LogP) is 2.86. The van der Waals surface area contributed by atoms with Gasteiger partial charge in [0.15, 0.2) is 5.79 Å². The van der Waals surface area contributed by atoms with Gasteiger partial charge < -0.3 is 14.8 Å². The maximum atomic E-state index is 12.6. The molecule has 3 fully saturated rings. The van der Waals surface area contributed by atoms with Crippen LogP contribution in [0.3, 0.4) is 0 Å². The van der Waals surface area contributed by atoms with Crippen LogP contribution in [0.5, 0.6) is 0 Å². The minimum Gasteiger partial charge on any atom is -0.348 e. The first-order valence-electron chi connectivity index (χ1n) is 8.62. The number of ether oxygens (including phenoxy) is 2. The summed E-state index contributed by atoms with van der Waals surface area (Å²) in [5, 5.41) is 12.7. The zero-order chi connectivity index (χ0) is 16.8. The van der Waals surface area contributed by atoms with E-state index in [1.54, 1.807) is 11.3 Å². The zero-order valence-corrected chi connectivity index (χ0v) is 14.7. The Labute approximate surface area is 145 Å². The molecule has 3 aliphatic rings. The molecule has 24 heavy (non-hydrogen) atoms. The van der Waals surface area contributed by atoms with Crippen LogP contribution in [0.25, 0.3) is 0 Å². The summed E-state index contributed by atoms with van der Waals surface area (Å²) >= 11 is 1.76. The first-order chi connectivity index (χ1) is 11.5. The minimum atomic E-state index is -0.768. The number of carbonyl (C=O) groups excluding carboxylic acids is 1. The van der Waals surface area contributed by atoms with Crippen molar-refractivity contribution in [2.45, 2.75) is 56.3 Å². The molecule has 1 spiro atoms. The van der Waals surface area contributed by atoms with Crippen molar-refractivity contribution in [3.63, 3.8) is 0 Å². The van der Waals surface area contributed by atoms with Gasteiger partial charge in [-0.3, -0.25) is 4.79 Å². The summed E-state index contributed by atoms with van der Waals surface area (Å²) in [5.41, 5.74) is -0.768. The van der Waals surface area contributed by atoms with Crippen LogP contribution in [0.15, 0.2) is 12.1 Å². The largest absolute Gasteiger partial charge is 0.348 e. The molecule has 0 radical (unpaired) electrons. The van der Waals surface area contributed by atoms with Gasteiger partial charge in [-0.1, -0.05) is 0 Å². The van der Waals surface area contributed by atoms with E-state index >= 15 is 0 Å². The number of thiophene rings is 1. The summed E-state index contributed by atoms with van der Waals surface area (Å²) in [6, 6.07) is 6.58. The Bertz CT molecular complexity index is 677. The Morgan fingerprint density at radius 3 is 2.58 bits per heavy atom. The van der Waals surface area contributed by atoms with Crippen LogP contribution >= 0.6 is 11.3 Å². The Morgan fingerprint density at radius 2 is 2.00 bits per heavy atom. The standard InChI is InChI=1S/C18H22N2O3S/c1-12-2-3-15(24-12)13-10-14(13)16(21)20-17(11-19)4-6-18(7-5-17)22-8-9-23-18/h2-3,13-14H,4-10H2,1H3,(H,20,21)/t13-,14+/m1/s1. The second kappa shape index (κ2) is 5.83. The van der Waals surface area contributed by atoms with Gasteiger partial charge in [0.2, 0.25) is 5.91 Å². The molecule has 4 rings (SSSR count). The van der Waals surface area contributed by atoms with E-state index in [9.17, 15) is 10.1 Å². The number of hydrogen-bond donors (Lipinski definition) is 1. The summed E-state index contributed by atoms with van der Waals surface area (Å²) in [6.45, 7) is 3.33. The van der Waals surface area contributed by atoms with Gasteiger partial charge in [0, 0.05) is 34.4 Å². The molecule has 1 N–H and O–H groups in total. The first kappa shape index (κ1) is 16.1. The van der Waals surface area contributed by atoms with Crippen LogP contribution < -0.4 is 5.32 Å². The van der Waals surface area contributed by atoms with E-state index in [0.717, 1.165) is 6.42 Å². The van der Waals surface area contributed by atoms with Gasteiger partial charge in [-0.05, 0) is 38.3 Å². The molecule has 0 unspecified atom stereocenters. The molecule has 1 aliphatic heterocycles. The average molecular weight is 346 g/mol. The maximum absolute atomic E-state index is 12.6. The monoisotopic (exact) mass is 346 g/mol. The summed E-state index contributed by atoms with van der Waals surface area (Å²) in [5.74, 6) is -0.141. The average Bonchev–Trinajstić information content (AvgIpc) is 3.07. The van der Waals surface area contributed by atoms with Gasteiger partial charge >= 0.3 is 0 Å². The molecule has 2 saturated carbocycles. The van der Waals surface area contributed by atoms with Crippen molar-refractivity contribution in [3.8, 4) is 6.07 Å². The predicted molar refractivity (Wildman–Crippen MR) is 89.5 cm³/mol. The third-order valence-electron chi connectivity index (χ3n) is 5.51. The molecule has 1 aromatic heterocycles. The van der Waals surface area contributed by atoms with E-state index in [-0.39, 0.29) is 11.8 Å². The highest BCUT2D eigenvalue weighted by Crippen LogP contribution is 2.50. The Balaban J connectivity index is 1.37. The van der Waals surface area contributed by atoms with Crippen molar-refractivity contribution in [2.24, 2.45) is 5.92 Å². The lowest BCUT2D eigenvalue weighted by Crippen LogP contribution is -2.53. The highest BCUT2D eigenvalue weighted by Gasteiger charge is 2.50. The van der Waals surface area contributed by atoms with Crippen LogP contribution in [0.1, 0.15) is 47.8 Å². The van der Waals surface area contributed by atoms with Crippen LogP contribution in [0, 0.1) is 24.2 Å². The molecule has 2 heterocycles. The van der Waals surface area contributed by atoms with E-state index in [4.69, 9.17) is 9.47 Å². The number of hydrogen-bond acceptors (Lipinski definition) is 5. The molecule has 128 valence electrons. The highest BCUT2D eigenvalue weighted by atomic mass is 32.1. The molecule has 1 aromatic rings. The molecule has 6 heteroatoms. The van der Waals surface area contributed by atoms with Crippen LogP contribution in [-0.4, -0.2) is 30.4 Å². The van der Waals surface area contributed by atoms with Gasteiger partial charge in [-0.15, -0.1) is 11.3 Å². The van der Waals surface area contributed by atoms with Crippen molar-refractivity contribution in [2.75, 3.05) is 13.2 Å². The highest BCUT2D eigenvalue weighted by molar-refractivity contribution is 7.12. The minimum absolute atomic E-state index is 0.0168. The Morgan fingerprint density at radius 1 is 1.29 bits per heavy atom. The number of amides is 1. The van der Waals surface area contributed by atoms with Gasteiger partial charge in [0.25, 0.3) is 0 Å². The lowest BCUT2D eigenvalue weighted by molar-refractivity contribution is -0.183. The van der Waals surface area contributed by atoms with E-state index in [1.807, 2.05) is 0 Å². The first-order valence-corrected chi connectivity index (χ1v) is 9.44. The van der Waals surface area contributed by atoms with Crippen molar-refractivity contribution in [1.82, 2.24) is 5.32 Å². The van der Waals surface area contributed by atoms with Gasteiger partial charge in [0.05, 0.1) is 19.3 Å². The zero-order valence-electron chi connectivity index (χ0n) is 13.8. The van der Waals surface area contributed by atoms with Gasteiger partial charge in [-0.2, -0.15) is 5.26 Å². The van der Waals surface area contributed by atoms with Crippen molar-refractivity contribution in [3.05, 3.63) is 21.9 Å².